The van der Waals surface area contributed by atoms with E-state index in [1.165, 1.54) is 0 Å². The van der Waals surface area contributed by atoms with E-state index in [2.05, 4.69) is 58.3 Å². The van der Waals surface area contributed by atoms with Crippen LogP contribution in [0.25, 0.3) is 0 Å². The van der Waals surface area contributed by atoms with Crippen LogP contribution in [0.15, 0.2) is 0 Å². The van der Waals surface area contributed by atoms with Crippen molar-refractivity contribution in [3.05, 3.63) is 0 Å². The van der Waals surface area contributed by atoms with Gasteiger partial charge in [0.05, 0.1) is 6.17 Å². The maximum absolute atomic E-state index is 2.63. The minimum absolute atomic E-state index is 0.275. The quantitative estimate of drug-likeness (QED) is 0.639. The molecule has 3 unspecified atom stereocenters. The Morgan fingerprint density at radius 1 is 1.00 bits per heavy atom. The van der Waals surface area contributed by atoms with Gasteiger partial charge in [-0.25, -0.2) is 0 Å². The highest BCUT2D eigenvalue weighted by molar-refractivity contribution is 4.97. The van der Waals surface area contributed by atoms with Gasteiger partial charge >= 0.3 is 0 Å². The summed E-state index contributed by atoms with van der Waals surface area (Å²) < 4.78 is 0. The van der Waals surface area contributed by atoms with Crippen molar-refractivity contribution in [3.63, 3.8) is 0 Å². The Morgan fingerprint density at radius 2 is 1.50 bits per heavy atom. The molecule has 1 rings (SSSR count). The smallest absolute Gasteiger partial charge is 0.0603 e. The Balaban J connectivity index is 2.89. The molecule has 0 radical (unpaired) electrons. The molecule has 1 heterocycles. The molecule has 1 aliphatic rings. The lowest BCUT2D eigenvalue weighted by Gasteiger charge is -2.39. The van der Waals surface area contributed by atoms with Crippen molar-refractivity contribution in [2.45, 2.75) is 72.3 Å². The van der Waals surface area contributed by atoms with Crippen molar-refractivity contribution in [1.29, 1.82) is 0 Å². The summed E-state index contributed by atoms with van der Waals surface area (Å²) in [6, 6.07) is 1.33. The van der Waals surface area contributed by atoms with Crippen LogP contribution in [0.5, 0.6) is 0 Å². The van der Waals surface area contributed by atoms with Gasteiger partial charge in [0.1, 0.15) is 0 Å². The molecule has 3 atom stereocenters. The summed E-state index contributed by atoms with van der Waals surface area (Å²) in [5.41, 5.74) is 0.275. The van der Waals surface area contributed by atoms with E-state index < -0.39 is 0 Å². The van der Waals surface area contributed by atoms with E-state index in [-0.39, 0.29) is 5.54 Å². The fourth-order valence-corrected chi connectivity index (χ4v) is 3.07. The molecule has 84 valence electrons. The van der Waals surface area contributed by atoms with Crippen LogP contribution in [0.4, 0.5) is 0 Å². The summed E-state index contributed by atoms with van der Waals surface area (Å²) in [6.45, 7) is 17.4. The van der Waals surface area contributed by atoms with E-state index in [1.807, 2.05) is 0 Å². The molecular formula is C12H26N2. The van der Waals surface area contributed by atoms with E-state index in [4.69, 9.17) is 0 Å². The van der Waals surface area contributed by atoms with Crippen molar-refractivity contribution in [3.8, 4) is 0 Å². The topological polar surface area (TPSA) is 6.48 Å². The van der Waals surface area contributed by atoms with Crippen molar-refractivity contribution in [2.75, 3.05) is 6.54 Å². The Bertz CT molecular complexity index is 195. The first kappa shape index (κ1) is 12.0. The molecule has 14 heavy (non-hydrogen) atoms. The van der Waals surface area contributed by atoms with Gasteiger partial charge in [-0.2, -0.15) is 0 Å². The van der Waals surface area contributed by atoms with E-state index >= 15 is 0 Å². The third-order valence-electron chi connectivity index (χ3n) is 3.68. The molecule has 2 nitrogen and oxygen atoms in total. The highest BCUT2D eigenvalue weighted by Gasteiger charge is 2.43. The van der Waals surface area contributed by atoms with Gasteiger partial charge in [-0.1, -0.05) is 6.92 Å². The normalized spacial score (nSPS) is 36.6. The van der Waals surface area contributed by atoms with Gasteiger partial charge in [-0.3, -0.25) is 9.80 Å². The molecule has 0 aromatic rings. The van der Waals surface area contributed by atoms with Gasteiger partial charge in [0.15, 0.2) is 0 Å². The third-order valence-corrected chi connectivity index (χ3v) is 3.68. The molecule has 0 aromatic heterocycles. The van der Waals surface area contributed by atoms with Crippen molar-refractivity contribution in [2.24, 2.45) is 0 Å². The number of likely N-dealkylation sites (N-methyl/N-ethyl adjacent to an activating group) is 1. The highest BCUT2D eigenvalue weighted by Crippen LogP contribution is 2.32. The number of hydrogen-bond donors (Lipinski definition) is 0. The zero-order valence-electron chi connectivity index (χ0n) is 10.8. The first-order valence-electron chi connectivity index (χ1n) is 5.85. The standard InChI is InChI=1S/C12H26N2/c1-8-13-9(2)10(3)14(11(13)4)12(5,6)7/h9-11H,8H2,1-7H3. The van der Waals surface area contributed by atoms with Gasteiger partial charge < -0.3 is 0 Å². The molecular weight excluding hydrogens is 172 g/mol. The van der Waals surface area contributed by atoms with Crippen LogP contribution in [-0.2, 0) is 0 Å². The van der Waals surface area contributed by atoms with Gasteiger partial charge in [0.2, 0.25) is 0 Å². The first-order chi connectivity index (χ1) is 6.30. The van der Waals surface area contributed by atoms with Crippen molar-refractivity contribution in [1.82, 2.24) is 9.80 Å². The lowest BCUT2D eigenvalue weighted by atomic mass is 10.0. The molecule has 0 bridgehead atoms. The molecule has 1 saturated heterocycles. The van der Waals surface area contributed by atoms with Crippen LogP contribution in [0, 0.1) is 0 Å². The van der Waals surface area contributed by atoms with E-state index in [9.17, 15) is 0 Å². The second-order valence-electron chi connectivity index (χ2n) is 5.52. The van der Waals surface area contributed by atoms with Crippen LogP contribution in [-0.4, -0.2) is 40.1 Å². The second kappa shape index (κ2) is 3.82. The predicted octanol–water partition coefficient (Wildman–Crippen LogP) is 2.55. The summed E-state index contributed by atoms with van der Waals surface area (Å²) in [5.74, 6) is 0. The van der Waals surface area contributed by atoms with E-state index in [1.54, 1.807) is 0 Å². The predicted molar refractivity (Wildman–Crippen MR) is 62.4 cm³/mol. The van der Waals surface area contributed by atoms with Gasteiger partial charge in [-0.05, 0) is 48.1 Å². The van der Waals surface area contributed by atoms with Crippen LogP contribution >= 0.6 is 0 Å². The third kappa shape index (κ3) is 1.82. The summed E-state index contributed by atoms with van der Waals surface area (Å²) in [7, 11) is 0. The number of nitrogens with zero attached hydrogens (tertiary/aromatic N) is 2. The van der Waals surface area contributed by atoms with Crippen LogP contribution in [0.2, 0.25) is 0 Å². The largest absolute Gasteiger partial charge is 0.284 e. The molecule has 0 saturated carbocycles. The number of hydrogen-bond acceptors (Lipinski definition) is 2. The second-order valence-corrected chi connectivity index (χ2v) is 5.52. The summed E-state index contributed by atoms with van der Waals surface area (Å²) in [6.07, 6.45) is 0.574. The van der Waals surface area contributed by atoms with Crippen molar-refractivity contribution < 1.29 is 0 Å². The Labute approximate surface area is 89.3 Å². The summed E-state index contributed by atoms with van der Waals surface area (Å²) in [5, 5.41) is 0. The molecule has 2 heteroatoms. The molecule has 1 aliphatic heterocycles. The lowest BCUT2D eigenvalue weighted by molar-refractivity contribution is 0.0548. The van der Waals surface area contributed by atoms with Crippen LogP contribution in [0.3, 0.4) is 0 Å². The fraction of sp³-hybridized carbons (Fsp3) is 1.00. The zero-order chi connectivity index (χ0) is 11.1. The van der Waals surface area contributed by atoms with Crippen LogP contribution in [0.1, 0.15) is 48.5 Å². The van der Waals surface area contributed by atoms with Crippen molar-refractivity contribution >= 4 is 0 Å². The summed E-state index contributed by atoms with van der Waals surface area (Å²) >= 11 is 0. The Kier molecular flexibility index (Phi) is 3.27. The molecule has 0 aliphatic carbocycles. The Morgan fingerprint density at radius 3 is 1.71 bits per heavy atom. The number of rotatable bonds is 1. The zero-order valence-corrected chi connectivity index (χ0v) is 10.8. The maximum Gasteiger partial charge on any atom is 0.0603 e. The van der Waals surface area contributed by atoms with E-state index in [0.717, 1.165) is 6.54 Å². The lowest BCUT2D eigenvalue weighted by Crippen LogP contribution is -2.49. The van der Waals surface area contributed by atoms with Gasteiger partial charge in [0.25, 0.3) is 0 Å². The molecule has 1 fully saturated rings. The highest BCUT2D eigenvalue weighted by atomic mass is 15.5. The Hall–Kier alpha value is -0.0800. The minimum Gasteiger partial charge on any atom is -0.284 e. The molecule has 0 amide bonds. The minimum atomic E-state index is 0.275. The van der Waals surface area contributed by atoms with E-state index in [0.29, 0.717) is 18.2 Å². The molecule has 0 N–H and O–H groups in total. The molecule has 0 spiro atoms. The average Bonchev–Trinajstić information content (AvgIpc) is 2.22. The maximum atomic E-state index is 2.63. The monoisotopic (exact) mass is 198 g/mol. The summed E-state index contributed by atoms with van der Waals surface area (Å²) in [4.78, 5) is 5.21. The average molecular weight is 198 g/mol. The van der Waals surface area contributed by atoms with Gasteiger partial charge in [0, 0.05) is 17.6 Å². The van der Waals surface area contributed by atoms with Gasteiger partial charge in [-0.15, -0.1) is 0 Å². The molecule has 0 aromatic carbocycles. The van der Waals surface area contributed by atoms with Crippen LogP contribution < -0.4 is 0 Å². The SMILES string of the molecule is CCN1C(C)C(C)N(C(C)(C)C)C1C. The fourth-order valence-electron chi connectivity index (χ4n) is 3.07. The first-order valence-corrected chi connectivity index (χ1v) is 5.85.